The van der Waals surface area contributed by atoms with Crippen LogP contribution in [0.15, 0.2) is 54.0 Å². The lowest BCUT2D eigenvalue weighted by Gasteiger charge is -2.05. The second kappa shape index (κ2) is 8.52. The van der Waals surface area contributed by atoms with E-state index in [1.165, 1.54) is 22.5 Å². The van der Waals surface area contributed by atoms with E-state index in [4.69, 9.17) is 4.74 Å². The van der Waals surface area contributed by atoms with Crippen molar-refractivity contribution in [1.82, 2.24) is 4.98 Å². The molecular weight excluding hydrogens is 354 g/mol. The molecule has 4 nitrogen and oxygen atoms in total. The van der Waals surface area contributed by atoms with Crippen LogP contribution in [0, 0.1) is 25.2 Å². The van der Waals surface area contributed by atoms with Gasteiger partial charge in [0, 0.05) is 22.8 Å². The van der Waals surface area contributed by atoms with Crippen LogP contribution in [0.25, 0.3) is 16.8 Å². The van der Waals surface area contributed by atoms with E-state index in [0.29, 0.717) is 17.2 Å². The molecule has 2 aromatic carbocycles. The highest BCUT2D eigenvalue weighted by Crippen LogP contribution is 2.27. The van der Waals surface area contributed by atoms with Gasteiger partial charge in [-0.1, -0.05) is 12.1 Å². The Bertz CT molecular complexity index is 997. The molecule has 1 heterocycles. The number of hydrogen-bond acceptors (Lipinski definition) is 5. The summed E-state index contributed by atoms with van der Waals surface area (Å²) in [6.07, 6.45) is 1.69. The molecule has 3 rings (SSSR count). The summed E-state index contributed by atoms with van der Waals surface area (Å²) in [6, 6.07) is 16.1. The fourth-order valence-electron chi connectivity index (χ4n) is 2.54. The lowest BCUT2D eigenvalue weighted by Crippen LogP contribution is -1.93. The van der Waals surface area contributed by atoms with Crippen LogP contribution in [0.2, 0.25) is 0 Å². The second-order valence-electron chi connectivity index (χ2n) is 6.11. The molecule has 27 heavy (non-hydrogen) atoms. The van der Waals surface area contributed by atoms with Crippen LogP contribution in [-0.2, 0) is 0 Å². The average Bonchev–Trinajstić information content (AvgIpc) is 3.16. The molecule has 1 aromatic heterocycles. The molecule has 0 amide bonds. The molecule has 0 spiro atoms. The van der Waals surface area contributed by atoms with Gasteiger partial charge in [-0.3, -0.25) is 0 Å². The van der Waals surface area contributed by atoms with Gasteiger partial charge in [0.05, 0.1) is 12.3 Å². The Morgan fingerprint density at radius 1 is 1.19 bits per heavy atom. The van der Waals surface area contributed by atoms with Gasteiger partial charge in [-0.2, -0.15) is 5.26 Å². The number of thiazole rings is 1. The molecule has 0 unspecified atom stereocenters. The van der Waals surface area contributed by atoms with E-state index >= 15 is 0 Å². The van der Waals surface area contributed by atoms with Crippen molar-refractivity contribution in [2.75, 3.05) is 11.9 Å². The maximum Gasteiger partial charge on any atom is 0.136 e. The lowest BCUT2D eigenvalue weighted by molar-refractivity contribution is 0.340. The number of nitrogens with zero attached hydrogens (tertiary/aromatic N) is 2. The Kier molecular flexibility index (Phi) is 5.90. The number of aromatic nitrogens is 1. The molecule has 0 bridgehead atoms. The predicted octanol–water partition coefficient (Wildman–Crippen LogP) is 5.80. The number of benzene rings is 2. The van der Waals surface area contributed by atoms with Crippen molar-refractivity contribution < 1.29 is 4.74 Å². The first kappa shape index (κ1) is 18.7. The Balaban J connectivity index is 1.77. The smallest absolute Gasteiger partial charge is 0.136 e. The first-order valence-electron chi connectivity index (χ1n) is 8.74. The van der Waals surface area contributed by atoms with E-state index < -0.39 is 0 Å². The number of allylic oxidation sites excluding steroid dienone is 1. The number of aryl methyl sites for hydroxylation is 2. The fourth-order valence-corrected chi connectivity index (χ4v) is 3.34. The molecule has 0 saturated heterocycles. The third-order valence-electron chi connectivity index (χ3n) is 4.21. The predicted molar refractivity (Wildman–Crippen MR) is 112 cm³/mol. The van der Waals surface area contributed by atoms with E-state index in [0.717, 1.165) is 22.7 Å². The summed E-state index contributed by atoms with van der Waals surface area (Å²) in [7, 11) is 0. The van der Waals surface area contributed by atoms with Crippen LogP contribution < -0.4 is 10.1 Å². The van der Waals surface area contributed by atoms with Crippen LogP contribution >= 0.6 is 11.3 Å². The highest BCUT2D eigenvalue weighted by Gasteiger charge is 2.09. The van der Waals surface area contributed by atoms with Gasteiger partial charge in [0.15, 0.2) is 0 Å². The summed E-state index contributed by atoms with van der Waals surface area (Å²) in [6.45, 7) is 6.77. The van der Waals surface area contributed by atoms with Crippen molar-refractivity contribution in [3.63, 3.8) is 0 Å². The third kappa shape index (κ3) is 4.55. The van der Waals surface area contributed by atoms with Gasteiger partial charge >= 0.3 is 0 Å². The normalized spacial score (nSPS) is 11.1. The molecule has 0 atom stereocenters. The highest BCUT2D eigenvalue weighted by atomic mass is 32.1. The van der Waals surface area contributed by atoms with Gasteiger partial charge in [0.25, 0.3) is 0 Å². The number of nitrogens with one attached hydrogen (secondary N) is 1. The van der Waals surface area contributed by atoms with E-state index in [9.17, 15) is 5.26 Å². The quantitative estimate of drug-likeness (QED) is 0.553. The van der Waals surface area contributed by atoms with Crippen molar-refractivity contribution in [1.29, 1.82) is 5.26 Å². The zero-order valence-electron chi connectivity index (χ0n) is 15.6. The Labute approximate surface area is 163 Å². The van der Waals surface area contributed by atoms with E-state index in [-0.39, 0.29) is 0 Å². The minimum absolute atomic E-state index is 0.504. The highest BCUT2D eigenvalue weighted by molar-refractivity contribution is 7.11. The van der Waals surface area contributed by atoms with Gasteiger partial charge in [-0.15, -0.1) is 11.3 Å². The molecule has 0 saturated carbocycles. The first-order valence-corrected chi connectivity index (χ1v) is 9.62. The van der Waals surface area contributed by atoms with Gasteiger partial charge in [0.1, 0.15) is 22.4 Å². The number of rotatable bonds is 6. The molecule has 0 fully saturated rings. The van der Waals surface area contributed by atoms with Crippen LogP contribution in [-0.4, -0.2) is 11.6 Å². The monoisotopic (exact) mass is 375 g/mol. The minimum Gasteiger partial charge on any atom is -0.494 e. The molecule has 136 valence electrons. The largest absolute Gasteiger partial charge is 0.494 e. The molecule has 5 heteroatoms. The number of hydrogen-bond donors (Lipinski definition) is 1. The summed E-state index contributed by atoms with van der Waals surface area (Å²) in [5, 5.41) is 15.4. The molecular formula is C22H21N3OS. The first-order chi connectivity index (χ1) is 13.1. The van der Waals surface area contributed by atoms with Crippen LogP contribution in [0.1, 0.15) is 23.1 Å². The summed E-state index contributed by atoms with van der Waals surface area (Å²) in [4.78, 5) is 4.64. The van der Waals surface area contributed by atoms with Gasteiger partial charge < -0.3 is 10.1 Å². The standard InChI is InChI=1S/C22H21N3OS/c1-4-26-20-9-7-19(8-10-20)24-13-18(12-23)22-25-21(14-27-22)17-6-5-15(2)16(3)11-17/h5-11,13-14,24H,4H2,1-3H3/b18-13+. The maximum absolute atomic E-state index is 9.52. The Hall–Kier alpha value is -3.10. The fraction of sp³-hybridized carbons (Fsp3) is 0.182. The molecule has 0 radical (unpaired) electrons. The lowest BCUT2D eigenvalue weighted by atomic mass is 10.1. The molecule has 0 aliphatic heterocycles. The summed E-state index contributed by atoms with van der Waals surface area (Å²) >= 11 is 1.47. The summed E-state index contributed by atoms with van der Waals surface area (Å²) in [5.41, 5.74) is 5.83. The molecule has 1 N–H and O–H groups in total. The molecule has 0 aliphatic carbocycles. The van der Waals surface area contributed by atoms with Crippen LogP contribution in [0.4, 0.5) is 5.69 Å². The van der Waals surface area contributed by atoms with E-state index in [2.05, 4.69) is 48.4 Å². The SMILES string of the molecule is CCOc1ccc(N/C=C(\C#N)c2nc(-c3ccc(C)c(C)c3)cs2)cc1. The van der Waals surface area contributed by atoms with Crippen molar-refractivity contribution in [3.05, 3.63) is 70.2 Å². The van der Waals surface area contributed by atoms with Crippen molar-refractivity contribution in [3.8, 4) is 23.1 Å². The van der Waals surface area contributed by atoms with Crippen LogP contribution in [0.3, 0.4) is 0 Å². The van der Waals surface area contributed by atoms with Gasteiger partial charge in [-0.05, 0) is 62.2 Å². The second-order valence-corrected chi connectivity index (χ2v) is 6.97. The minimum atomic E-state index is 0.504. The van der Waals surface area contributed by atoms with E-state index in [1.54, 1.807) is 6.20 Å². The zero-order chi connectivity index (χ0) is 19.2. The maximum atomic E-state index is 9.52. The van der Waals surface area contributed by atoms with E-state index in [1.807, 2.05) is 36.6 Å². The third-order valence-corrected chi connectivity index (χ3v) is 5.08. The Morgan fingerprint density at radius 2 is 1.96 bits per heavy atom. The van der Waals surface area contributed by atoms with Gasteiger partial charge in [0.2, 0.25) is 0 Å². The number of nitriles is 1. The summed E-state index contributed by atoms with van der Waals surface area (Å²) in [5.74, 6) is 0.825. The molecule has 3 aromatic rings. The van der Waals surface area contributed by atoms with Crippen molar-refractivity contribution in [2.45, 2.75) is 20.8 Å². The molecule has 0 aliphatic rings. The summed E-state index contributed by atoms with van der Waals surface area (Å²) < 4.78 is 5.43. The number of anilines is 1. The van der Waals surface area contributed by atoms with Crippen molar-refractivity contribution >= 4 is 22.6 Å². The Morgan fingerprint density at radius 3 is 2.63 bits per heavy atom. The average molecular weight is 375 g/mol. The topological polar surface area (TPSA) is 57.9 Å². The zero-order valence-corrected chi connectivity index (χ0v) is 16.4. The van der Waals surface area contributed by atoms with Crippen molar-refractivity contribution in [2.24, 2.45) is 0 Å². The number of ether oxygens (including phenoxy) is 1. The van der Waals surface area contributed by atoms with Gasteiger partial charge in [-0.25, -0.2) is 4.98 Å². The van der Waals surface area contributed by atoms with Crippen LogP contribution in [0.5, 0.6) is 5.75 Å².